The number of carbonyl (C=O) groups is 1. The smallest absolute Gasteiger partial charge is 0.304 e. The van der Waals surface area contributed by atoms with Gasteiger partial charge in [-0.2, -0.15) is 0 Å². The lowest BCUT2D eigenvalue weighted by Crippen LogP contribution is -2.27. The number of pyridine rings is 1. The van der Waals surface area contributed by atoms with Crippen molar-refractivity contribution < 1.29 is 15.0 Å². The topological polar surface area (TPSA) is 104 Å². The van der Waals surface area contributed by atoms with Gasteiger partial charge >= 0.3 is 5.97 Å². The molecule has 1 unspecified atom stereocenters. The molecule has 2 aromatic carbocycles. The Hall–Kier alpha value is -3.82. The summed E-state index contributed by atoms with van der Waals surface area (Å²) >= 11 is 1.72. The van der Waals surface area contributed by atoms with E-state index in [0.29, 0.717) is 12.5 Å². The summed E-state index contributed by atoms with van der Waals surface area (Å²) in [4.78, 5) is 19.0. The van der Waals surface area contributed by atoms with Crippen LogP contribution in [0.15, 0.2) is 47.8 Å². The van der Waals surface area contributed by atoms with E-state index in [0.717, 1.165) is 64.7 Å². The van der Waals surface area contributed by atoms with Gasteiger partial charge in [-0.15, -0.1) is 16.4 Å². The average Bonchev–Trinajstić information content (AvgIpc) is 3.51. The molecule has 0 amide bonds. The van der Waals surface area contributed by atoms with Gasteiger partial charge in [0.1, 0.15) is 5.52 Å². The van der Waals surface area contributed by atoms with Gasteiger partial charge in [0, 0.05) is 43.4 Å². The highest BCUT2D eigenvalue weighted by molar-refractivity contribution is 7.17. The molecule has 0 bridgehead atoms. The fraction of sp³-hybridized carbons (Fsp3) is 0.355. The first-order valence-electron chi connectivity index (χ1n) is 13.7. The number of rotatable bonds is 7. The first kappa shape index (κ1) is 26.4. The molecular formula is C31H33N5O3S. The minimum atomic E-state index is -0.837. The van der Waals surface area contributed by atoms with Crippen LogP contribution in [0.2, 0.25) is 0 Å². The Morgan fingerprint density at radius 1 is 1.20 bits per heavy atom. The van der Waals surface area contributed by atoms with Gasteiger partial charge in [0.05, 0.1) is 17.6 Å². The number of benzene rings is 2. The third kappa shape index (κ3) is 4.95. The van der Waals surface area contributed by atoms with E-state index >= 15 is 0 Å². The number of carboxylic acid groups (broad SMARTS) is 1. The highest BCUT2D eigenvalue weighted by Crippen LogP contribution is 2.38. The van der Waals surface area contributed by atoms with E-state index < -0.39 is 5.97 Å². The van der Waals surface area contributed by atoms with Crippen LogP contribution in [0.5, 0.6) is 5.88 Å². The largest absolute Gasteiger partial charge is 0.493 e. The van der Waals surface area contributed by atoms with Crippen molar-refractivity contribution in [2.45, 2.75) is 52.1 Å². The maximum Gasteiger partial charge on any atom is 0.304 e. The van der Waals surface area contributed by atoms with Gasteiger partial charge in [-0.05, 0) is 76.0 Å². The normalized spacial score (nSPS) is 16.7. The second-order valence-electron chi connectivity index (χ2n) is 11.0. The van der Waals surface area contributed by atoms with E-state index in [1.807, 2.05) is 32.2 Å². The third-order valence-corrected chi connectivity index (χ3v) is 9.32. The highest BCUT2D eigenvalue weighted by Gasteiger charge is 2.26. The number of aromatic hydroxyl groups is 1. The van der Waals surface area contributed by atoms with Crippen molar-refractivity contribution in [3.8, 4) is 5.88 Å². The van der Waals surface area contributed by atoms with E-state index in [1.54, 1.807) is 22.1 Å². The number of carboxylic acids is 1. The summed E-state index contributed by atoms with van der Waals surface area (Å²) in [5, 5.41) is 31.8. The van der Waals surface area contributed by atoms with Crippen molar-refractivity contribution >= 4 is 38.4 Å². The SMILES string of the molecule is CC[C@H]1Cc2ccc(O)nc2CN(Cc2cc(C(CC(=O)O)c3ccc4c(nnn4C)c3C)cc3ccsc23)C1. The van der Waals surface area contributed by atoms with E-state index in [-0.39, 0.29) is 18.2 Å². The molecule has 8 nitrogen and oxygen atoms in total. The Morgan fingerprint density at radius 2 is 2.05 bits per heavy atom. The molecule has 6 rings (SSSR count). The second-order valence-corrected chi connectivity index (χ2v) is 11.9. The number of aryl methyl sites for hydroxylation is 2. The van der Waals surface area contributed by atoms with Crippen molar-refractivity contribution in [3.63, 3.8) is 0 Å². The number of fused-ring (bicyclic) bond motifs is 3. The van der Waals surface area contributed by atoms with Crippen LogP contribution in [0, 0.1) is 12.8 Å². The van der Waals surface area contributed by atoms with Gasteiger partial charge in [-0.1, -0.05) is 36.8 Å². The van der Waals surface area contributed by atoms with E-state index in [1.165, 1.54) is 15.8 Å². The summed E-state index contributed by atoms with van der Waals surface area (Å²) in [6.45, 7) is 6.56. The van der Waals surface area contributed by atoms with Gasteiger partial charge in [0.15, 0.2) is 0 Å². The molecule has 2 N–H and O–H groups in total. The summed E-state index contributed by atoms with van der Waals surface area (Å²) < 4.78 is 2.96. The quantitative estimate of drug-likeness (QED) is 0.262. The second kappa shape index (κ2) is 10.6. The van der Waals surface area contributed by atoms with Crippen molar-refractivity contribution in [1.29, 1.82) is 0 Å². The zero-order valence-corrected chi connectivity index (χ0v) is 23.8. The minimum Gasteiger partial charge on any atom is -0.493 e. The summed E-state index contributed by atoms with van der Waals surface area (Å²) in [6, 6.07) is 14.2. The third-order valence-electron chi connectivity index (χ3n) is 8.31. The van der Waals surface area contributed by atoms with E-state index in [2.05, 4.69) is 50.7 Å². The van der Waals surface area contributed by atoms with Gasteiger partial charge < -0.3 is 10.2 Å². The number of hydrogen-bond donors (Lipinski definition) is 2. The Kier molecular flexibility index (Phi) is 7.02. The summed E-state index contributed by atoms with van der Waals surface area (Å²) in [6.07, 6.45) is 2.00. The van der Waals surface area contributed by atoms with Crippen LogP contribution in [0.4, 0.5) is 0 Å². The molecule has 9 heteroatoms. The lowest BCUT2D eigenvalue weighted by atomic mass is 9.84. The van der Waals surface area contributed by atoms with Crippen LogP contribution in [0.1, 0.15) is 59.2 Å². The highest BCUT2D eigenvalue weighted by atomic mass is 32.1. The maximum absolute atomic E-state index is 12.1. The maximum atomic E-state index is 12.1. The van der Waals surface area contributed by atoms with Crippen LogP contribution in [-0.4, -0.2) is 47.6 Å². The van der Waals surface area contributed by atoms with Gasteiger partial charge in [-0.3, -0.25) is 9.69 Å². The predicted octanol–water partition coefficient (Wildman–Crippen LogP) is 5.78. The molecular weight excluding hydrogens is 522 g/mol. The fourth-order valence-corrected chi connectivity index (χ4v) is 7.09. The summed E-state index contributed by atoms with van der Waals surface area (Å²) in [7, 11) is 1.86. The molecule has 0 fully saturated rings. The Bertz CT molecular complexity index is 1730. The van der Waals surface area contributed by atoms with Crippen molar-refractivity contribution in [2.75, 3.05) is 6.54 Å². The van der Waals surface area contributed by atoms with Gasteiger partial charge in [0.2, 0.25) is 5.88 Å². The number of aliphatic carboxylic acids is 1. The number of aromatic nitrogens is 4. The number of hydrogen-bond acceptors (Lipinski definition) is 7. The predicted molar refractivity (Wildman–Crippen MR) is 157 cm³/mol. The van der Waals surface area contributed by atoms with Crippen molar-refractivity contribution in [1.82, 2.24) is 24.9 Å². The van der Waals surface area contributed by atoms with Gasteiger partial charge in [-0.25, -0.2) is 9.67 Å². The van der Waals surface area contributed by atoms with Crippen molar-refractivity contribution in [2.24, 2.45) is 13.0 Å². The standard InChI is InChI=1S/C31H33N5O3S/c1-4-19-11-20-5-8-28(37)32-26(20)17-36(15-19)16-23-13-22(12-21-9-10-40-31(21)23)25(14-29(38)39)24-6-7-27-30(18(24)2)33-34-35(27)3/h5-10,12-13,19,25H,4,11,14-17H2,1-3H3,(H,32,37)(H,38,39)/t19-,25?/m0/s1. The molecule has 40 heavy (non-hydrogen) atoms. The number of thiophene rings is 1. The number of nitrogens with zero attached hydrogens (tertiary/aromatic N) is 5. The summed E-state index contributed by atoms with van der Waals surface area (Å²) in [5.41, 5.74) is 7.98. The fourth-order valence-electron chi connectivity index (χ4n) is 6.20. The Morgan fingerprint density at radius 3 is 2.85 bits per heavy atom. The molecule has 0 spiro atoms. The molecule has 206 valence electrons. The first-order chi connectivity index (χ1) is 19.3. The summed E-state index contributed by atoms with van der Waals surface area (Å²) in [5.74, 6) is -0.603. The van der Waals surface area contributed by atoms with E-state index in [9.17, 15) is 15.0 Å². The minimum absolute atomic E-state index is 0.0140. The Labute approximate surface area is 236 Å². The monoisotopic (exact) mass is 555 g/mol. The van der Waals surface area contributed by atoms with Crippen LogP contribution >= 0.6 is 11.3 Å². The lowest BCUT2D eigenvalue weighted by molar-refractivity contribution is -0.137. The Balaban J connectivity index is 1.42. The average molecular weight is 556 g/mol. The molecule has 0 saturated carbocycles. The molecule has 4 heterocycles. The molecule has 0 saturated heterocycles. The molecule has 0 radical (unpaired) electrons. The molecule has 0 aliphatic carbocycles. The molecule has 5 aromatic rings. The molecule has 1 aliphatic rings. The molecule has 2 atom stereocenters. The van der Waals surface area contributed by atoms with Crippen LogP contribution in [-0.2, 0) is 31.4 Å². The zero-order valence-electron chi connectivity index (χ0n) is 23.0. The molecule has 1 aliphatic heterocycles. The zero-order chi connectivity index (χ0) is 28.0. The van der Waals surface area contributed by atoms with E-state index in [4.69, 9.17) is 0 Å². The van der Waals surface area contributed by atoms with Crippen LogP contribution in [0.3, 0.4) is 0 Å². The van der Waals surface area contributed by atoms with Crippen molar-refractivity contribution in [3.05, 3.63) is 81.4 Å². The van der Waals surface area contributed by atoms with Crippen LogP contribution < -0.4 is 0 Å². The first-order valence-corrected chi connectivity index (χ1v) is 14.6. The lowest BCUT2D eigenvalue weighted by Gasteiger charge is -2.25. The molecule has 3 aromatic heterocycles. The van der Waals surface area contributed by atoms with Gasteiger partial charge in [0.25, 0.3) is 0 Å². The van der Waals surface area contributed by atoms with Crippen LogP contribution in [0.25, 0.3) is 21.1 Å².